The quantitative estimate of drug-likeness (QED) is 0.663. The fourth-order valence-corrected chi connectivity index (χ4v) is 5.28. The molecule has 3 rings (SSSR count). The molecular formula is C19H30N6OS2. The van der Waals surface area contributed by atoms with Gasteiger partial charge in [-0.25, -0.2) is 4.79 Å². The van der Waals surface area contributed by atoms with Crippen LogP contribution in [-0.2, 0) is 19.9 Å². The van der Waals surface area contributed by atoms with Gasteiger partial charge in [-0.15, -0.1) is 11.3 Å². The van der Waals surface area contributed by atoms with E-state index in [1.807, 2.05) is 19.4 Å². The second-order valence-electron chi connectivity index (χ2n) is 7.18. The van der Waals surface area contributed by atoms with Gasteiger partial charge in [0, 0.05) is 24.7 Å². The molecule has 154 valence electrons. The molecular weight excluding hydrogens is 392 g/mol. The predicted molar refractivity (Wildman–Crippen MR) is 119 cm³/mol. The Bertz CT molecular complexity index is 789. The highest BCUT2D eigenvalue weighted by molar-refractivity contribution is 7.99. The first-order valence-electron chi connectivity index (χ1n) is 9.82. The lowest BCUT2D eigenvalue weighted by atomic mass is 10.1. The van der Waals surface area contributed by atoms with Crippen LogP contribution in [-0.4, -0.2) is 46.9 Å². The summed E-state index contributed by atoms with van der Waals surface area (Å²) >= 11 is 3.01. The number of likely N-dealkylation sites (N-methyl/N-ethyl adjacent to an activating group) is 1. The number of aromatic nitrogens is 2. The van der Waals surface area contributed by atoms with E-state index in [-0.39, 0.29) is 6.03 Å². The van der Waals surface area contributed by atoms with Gasteiger partial charge in [0.05, 0.1) is 35.1 Å². The number of urea groups is 1. The number of piperidine rings is 1. The molecule has 0 spiro atoms. The lowest BCUT2D eigenvalue weighted by Gasteiger charge is -2.37. The van der Waals surface area contributed by atoms with Crippen LogP contribution in [0.3, 0.4) is 0 Å². The summed E-state index contributed by atoms with van der Waals surface area (Å²) in [6, 6.07) is 2.32. The highest BCUT2D eigenvalue weighted by Gasteiger charge is 2.26. The van der Waals surface area contributed by atoms with Crippen molar-refractivity contribution in [3.05, 3.63) is 28.9 Å². The standard InChI is InChI=1S/C19H30N6OS2/c1-5-14-10-17(6-2)27-18(14)21-19(26)22-28-25(16-11-20-24(4)13-16)15-8-7-9-23(3)12-15/h10-11,13,15H,5-9,12H2,1-4H3,(H2,21,22,26). The molecule has 1 fully saturated rings. The number of rotatable bonds is 7. The van der Waals surface area contributed by atoms with E-state index in [1.54, 1.807) is 16.0 Å². The Hall–Kier alpha value is -1.71. The monoisotopic (exact) mass is 422 g/mol. The third kappa shape index (κ3) is 5.21. The highest BCUT2D eigenvalue weighted by atomic mass is 32.2. The van der Waals surface area contributed by atoms with Gasteiger partial charge in [-0.2, -0.15) is 5.10 Å². The van der Waals surface area contributed by atoms with E-state index in [2.05, 4.69) is 51.3 Å². The molecule has 1 unspecified atom stereocenters. The summed E-state index contributed by atoms with van der Waals surface area (Å²) in [4.78, 5) is 16.2. The number of hydrogen-bond acceptors (Lipinski definition) is 6. The maximum absolute atomic E-state index is 12.6. The minimum Gasteiger partial charge on any atom is -0.304 e. The van der Waals surface area contributed by atoms with Gasteiger partial charge in [-0.3, -0.25) is 19.0 Å². The van der Waals surface area contributed by atoms with Gasteiger partial charge < -0.3 is 4.90 Å². The van der Waals surface area contributed by atoms with E-state index in [0.717, 1.165) is 49.5 Å². The number of carbonyl (C=O) groups excluding carboxylic acids is 1. The van der Waals surface area contributed by atoms with Crippen molar-refractivity contribution in [1.82, 2.24) is 19.4 Å². The summed E-state index contributed by atoms with van der Waals surface area (Å²) in [5, 5.41) is 8.28. The van der Waals surface area contributed by atoms with E-state index in [1.165, 1.54) is 22.6 Å². The van der Waals surface area contributed by atoms with Gasteiger partial charge in [-0.05, 0) is 50.9 Å². The lowest BCUT2D eigenvalue weighted by Crippen LogP contribution is -2.45. The SMILES string of the molecule is CCc1cc(CC)c(NC(=O)NSN(c2cnn(C)c2)C2CCCN(C)C2)s1. The molecule has 0 aliphatic carbocycles. The van der Waals surface area contributed by atoms with Crippen molar-refractivity contribution in [2.24, 2.45) is 7.05 Å². The molecule has 1 aliphatic heterocycles. The largest absolute Gasteiger partial charge is 0.331 e. The van der Waals surface area contributed by atoms with E-state index in [9.17, 15) is 4.79 Å². The van der Waals surface area contributed by atoms with Crippen LogP contribution in [0, 0.1) is 0 Å². The Morgan fingerprint density at radius 1 is 1.39 bits per heavy atom. The second-order valence-corrected chi connectivity index (χ2v) is 9.09. The zero-order chi connectivity index (χ0) is 20.1. The average Bonchev–Trinajstić information content (AvgIpc) is 3.28. The van der Waals surface area contributed by atoms with Gasteiger partial charge >= 0.3 is 6.03 Å². The summed E-state index contributed by atoms with van der Waals surface area (Å²) in [6.45, 7) is 6.34. The number of anilines is 2. The lowest BCUT2D eigenvalue weighted by molar-refractivity contribution is 0.253. The molecule has 0 radical (unpaired) electrons. The van der Waals surface area contributed by atoms with Gasteiger partial charge in [0.1, 0.15) is 0 Å². The van der Waals surface area contributed by atoms with Gasteiger partial charge in [0.2, 0.25) is 0 Å². The van der Waals surface area contributed by atoms with Gasteiger partial charge in [-0.1, -0.05) is 13.8 Å². The summed E-state index contributed by atoms with van der Waals surface area (Å²) < 4.78 is 6.94. The smallest absolute Gasteiger partial charge is 0.304 e. The molecule has 0 saturated carbocycles. The Kier molecular flexibility index (Phi) is 7.25. The Balaban J connectivity index is 1.66. The molecule has 2 N–H and O–H groups in total. The first-order chi connectivity index (χ1) is 13.5. The molecule has 9 heteroatoms. The normalized spacial score (nSPS) is 17.5. The third-order valence-electron chi connectivity index (χ3n) is 4.93. The Morgan fingerprint density at radius 3 is 2.86 bits per heavy atom. The van der Waals surface area contributed by atoms with Gasteiger partial charge in [0.25, 0.3) is 0 Å². The summed E-state index contributed by atoms with van der Waals surface area (Å²) in [6.07, 6.45) is 7.99. The number of nitrogens with zero attached hydrogens (tertiary/aromatic N) is 4. The topological polar surface area (TPSA) is 65.4 Å². The van der Waals surface area contributed by atoms with E-state index < -0.39 is 0 Å². The molecule has 2 aromatic rings. The zero-order valence-electron chi connectivity index (χ0n) is 17.1. The molecule has 1 saturated heterocycles. The fraction of sp³-hybridized carbons (Fsp3) is 0.579. The molecule has 1 aliphatic rings. The van der Waals surface area contributed by atoms with Crippen molar-refractivity contribution < 1.29 is 4.79 Å². The van der Waals surface area contributed by atoms with Crippen molar-refractivity contribution in [2.75, 3.05) is 29.8 Å². The van der Waals surface area contributed by atoms with Crippen molar-refractivity contribution >= 4 is 40.2 Å². The summed E-state index contributed by atoms with van der Waals surface area (Å²) in [5.74, 6) is 0. The van der Waals surface area contributed by atoms with Crippen LogP contribution in [0.2, 0.25) is 0 Å². The molecule has 3 heterocycles. The van der Waals surface area contributed by atoms with Crippen LogP contribution in [0.15, 0.2) is 18.5 Å². The summed E-state index contributed by atoms with van der Waals surface area (Å²) in [5.41, 5.74) is 2.20. The molecule has 28 heavy (non-hydrogen) atoms. The number of aryl methyl sites for hydroxylation is 3. The average molecular weight is 423 g/mol. The van der Waals surface area contributed by atoms with Crippen LogP contribution in [0.1, 0.15) is 37.1 Å². The maximum Gasteiger partial charge on any atom is 0.331 e. The van der Waals surface area contributed by atoms with Crippen molar-refractivity contribution in [2.45, 2.75) is 45.6 Å². The number of amides is 2. The third-order valence-corrected chi connectivity index (χ3v) is 7.15. The molecule has 0 aromatic carbocycles. The maximum atomic E-state index is 12.6. The molecule has 0 bridgehead atoms. The Morgan fingerprint density at radius 2 is 2.21 bits per heavy atom. The molecule has 7 nitrogen and oxygen atoms in total. The van der Waals surface area contributed by atoms with Crippen molar-refractivity contribution in [3.63, 3.8) is 0 Å². The van der Waals surface area contributed by atoms with Crippen molar-refractivity contribution in [1.29, 1.82) is 0 Å². The summed E-state index contributed by atoms with van der Waals surface area (Å²) in [7, 11) is 4.06. The zero-order valence-corrected chi connectivity index (χ0v) is 18.7. The van der Waals surface area contributed by atoms with Crippen molar-refractivity contribution in [3.8, 4) is 0 Å². The van der Waals surface area contributed by atoms with Crippen LogP contribution in [0.25, 0.3) is 0 Å². The second kappa shape index (κ2) is 9.67. The predicted octanol–water partition coefficient (Wildman–Crippen LogP) is 3.89. The van der Waals surface area contributed by atoms with Crippen LogP contribution >= 0.6 is 23.5 Å². The van der Waals surface area contributed by atoms with E-state index in [4.69, 9.17) is 0 Å². The first-order valence-corrected chi connectivity index (χ1v) is 11.4. The van der Waals surface area contributed by atoms with E-state index >= 15 is 0 Å². The number of thiophene rings is 1. The molecule has 2 amide bonds. The number of carbonyl (C=O) groups is 1. The number of hydrogen-bond donors (Lipinski definition) is 2. The fourth-order valence-electron chi connectivity index (χ4n) is 3.44. The van der Waals surface area contributed by atoms with E-state index in [0.29, 0.717) is 6.04 Å². The first kappa shape index (κ1) is 21.0. The highest BCUT2D eigenvalue weighted by Crippen LogP contribution is 2.30. The molecule has 2 aromatic heterocycles. The van der Waals surface area contributed by atoms with Crippen LogP contribution in [0.5, 0.6) is 0 Å². The van der Waals surface area contributed by atoms with Gasteiger partial charge in [0.15, 0.2) is 0 Å². The minimum atomic E-state index is -0.192. The van der Waals surface area contributed by atoms with Crippen LogP contribution in [0.4, 0.5) is 15.5 Å². The number of nitrogens with one attached hydrogen (secondary N) is 2. The molecule has 1 atom stereocenters. The van der Waals surface area contributed by atoms with Crippen LogP contribution < -0.4 is 14.3 Å². The number of likely N-dealkylation sites (tertiary alicyclic amines) is 1. The Labute approximate surface area is 175 Å². The minimum absolute atomic E-state index is 0.192.